The largest absolute Gasteiger partial charge is 0.489 e. The molecule has 1 N–H and O–H groups in total. The van der Waals surface area contributed by atoms with Gasteiger partial charge in [-0.2, -0.15) is 0 Å². The number of benzene rings is 2. The molecule has 2 aromatic rings. The average Bonchev–Trinajstić information content (AvgIpc) is 2.60. The van der Waals surface area contributed by atoms with Gasteiger partial charge in [-0.05, 0) is 43.2 Å². The third kappa shape index (κ3) is 4.57. The minimum Gasteiger partial charge on any atom is -0.489 e. The van der Waals surface area contributed by atoms with Crippen molar-refractivity contribution in [2.24, 2.45) is 0 Å². The van der Waals surface area contributed by atoms with E-state index in [4.69, 9.17) is 9.47 Å². The molecule has 0 aliphatic carbocycles. The molecule has 4 nitrogen and oxygen atoms in total. The Labute approximate surface area is 137 Å². The quantitative estimate of drug-likeness (QED) is 0.840. The van der Waals surface area contributed by atoms with Crippen molar-refractivity contribution in [3.8, 4) is 5.75 Å². The first-order valence-electron chi connectivity index (χ1n) is 7.71. The monoisotopic (exact) mass is 313 g/mol. The fraction of sp³-hybridized carbons (Fsp3) is 0.316. The van der Waals surface area contributed by atoms with Crippen LogP contribution in [0.15, 0.2) is 54.6 Å². The molecular formula is C19H23NO3. The lowest BCUT2D eigenvalue weighted by Gasteiger charge is -2.25. The molecule has 2 aromatic carbocycles. The van der Waals surface area contributed by atoms with Crippen LogP contribution in [0.1, 0.15) is 25.8 Å². The fourth-order valence-corrected chi connectivity index (χ4v) is 2.08. The standard InChI is InChI=1S/C19H23NO3/c1-4-19(2,22-3)18(21)20-16-10-8-9-15(13-16)14-23-17-11-6-5-7-12-17/h5-13H,4,14H2,1-3H3,(H,20,21). The average molecular weight is 313 g/mol. The predicted octanol–water partition coefficient (Wildman–Crippen LogP) is 4.02. The van der Waals surface area contributed by atoms with Gasteiger partial charge in [0.15, 0.2) is 0 Å². The van der Waals surface area contributed by atoms with E-state index in [0.29, 0.717) is 13.0 Å². The van der Waals surface area contributed by atoms with Gasteiger partial charge in [0.05, 0.1) is 0 Å². The van der Waals surface area contributed by atoms with Crippen molar-refractivity contribution in [3.63, 3.8) is 0 Å². The molecule has 1 unspecified atom stereocenters. The van der Waals surface area contributed by atoms with Crippen molar-refractivity contribution in [1.29, 1.82) is 0 Å². The first-order valence-corrected chi connectivity index (χ1v) is 7.71. The second-order valence-electron chi connectivity index (χ2n) is 5.54. The summed E-state index contributed by atoms with van der Waals surface area (Å²) in [7, 11) is 1.55. The highest BCUT2D eigenvalue weighted by Gasteiger charge is 2.30. The molecule has 4 heteroatoms. The molecular weight excluding hydrogens is 290 g/mol. The van der Waals surface area contributed by atoms with Crippen LogP contribution in [0, 0.1) is 0 Å². The molecule has 122 valence electrons. The third-order valence-electron chi connectivity index (χ3n) is 3.94. The summed E-state index contributed by atoms with van der Waals surface area (Å²) in [6.45, 7) is 4.15. The topological polar surface area (TPSA) is 47.6 Å². The number of methoxy groups -OCH3 is 1. The Morgan fingerprint density at radius 3 is 2.52 bits per heavy atom. The number of nitrogens with one attached hydrogen (secondary N) is 1. The van der Waals surface area contributed by atoms with E-state index in [-0.39, 0.29) is 5.91 Å². The van der Waals surface area contributed by atoms with Crippen LogP contribution < -0.4 is 10.1 Å². The second-order valence-corrected chi connectivity index (χ2v) is 5.54. The Hall–Kier alpha value is -2.33. The summed E-state index contributed by atoms with van der Waals surface area (Å²) in [6.07, 6.45) is 0.603. The number of carbonyl (C=O) groups excluding carboxylic acids is 1. The molecule has 0 saturated carbocycles. The summed E-state index contributed by atoms with van der Waals surface area (Å²) >= 11 is 0. The Morgan fingerprint density at radius 2 is 1.87 bits per heavy atom. The number of carbonyl (C=O) groups is 1. The molecule has 1 amide bonds. The number of ether oxygens (including phenoxy) is 2. The molecule has 0 fully saturated rings. The highest BCUT2D eigenvalue weighted by molar-refractivity contribution is 5.97. The SMILES string of the molecule is CCC(C)(OC)C(=O)Nc1cccc(COc2ccccc2)c1. The first kappa shape index (κ1) is 17.0. The molecule has 23 heavy (non-hydrogen) atoms. The lowest BCUT2D eigenvalue weighted by molar-refractivity contribution is -0.136. The zero-order valence-electron chi connectivity index (χ0n) is 13.8. The van der Waals surface area contributed by atoms with E-state index in [2.05, 4.69) is 5.32 Å². The summed E-state index contributed by atoms with van der Waals surface area (Å²) in [5.74, 6) is 0.670. The predicted molar refractivity (Wildman–Crippen MR) is 91.6 cm³/mol. The van der Waals surface area contributed by atoms with E-state index in [1.165, 1.54) is 0 Å². The van der Waals surface area contributed by atoms with Crippen LogP contribution in [0.4, 0.5) is 5.69 Å². The molecule has 0 aromatic heterocycles. The van der Waals surface area contributed by atoms with Crippen LogP contribution in [0.2, 0.25) is 0 Å². The van der Waals surface area contributed by atoms with E-state index >= 15 is 0 Å². The summed E-state index contributed by atoms with van der Waals surface area (Å²) in [5, 5.41) is 2.90. The van der Waals surface area contributed by atoms with Crippen LogP contribution in [-0.4, -0.2) is 18.6 Å². The molecule has 0 heterocycles. The van der Waals surface area contributed by atoms with Crippen molar-refractivity contribution in [2.75, 3.05) is 12.4 Å². The van der Waals surface area contributed by atoms with Gasteiger partial charge in [0.1, 0.15) is 18.0 Å². The maximum Gasteiger partial charge on any atom is 0.256 e. The van der Waals surface area contributed by atoms with E-state index in [1.54, 1.807) is 14.0 Å². The van der Waals surface area contributed by atoms with E-state index < -0.39 is 5.60 Å². The van der Waals surface area contributed by atoms with Crippen molar-refractivity contribution in [3.05, 3.63) is 60.2 Å². The van der Waals surface area contributed by atoms with Gasteiger partial charge in [0, 0.05) is 12.8 Å². The summed E-state index contributed by atoms with van der Waals surface area (Å²) in [5.41, 5.74) is 0.902. The van der Waals surface area contributed by atoms with Crippen molar-refractivity contribution in [1.82, 2.24) is 0 Å². The lowest BCUT2D eigenvalue weighted by Crippen LogP contribution is -2.41. The minimum absolute atomic E-state index is 0.149. The first-order chi connectivity index (χ1) is 11.1. The van der Waals surface area contributed by atoms with Crippen LogP contribution in [0.3, 0.4) is 0 Å². The number of amides is 1. The van der Waals surface area contributed by atoms with Crippen LogP contribution in [0.5, 0.6) is 5.75 Å². The van der Waals surface area contributed by atoms with Gasteiger partial charge >= 0.3 is 0 Å². The van der Waals surface area contributed by atoms with Crippen molar-refractivity contribution < 1.29 is 14.3 Å². The van der Waals surface area contributed by atoms with Crippen molar-refractivity contribution >= 4 is 11.6 Å². The van der Waals surface area contributed by atoms with Gasteiger partial charge in [-0.1, -0.05) is 37.3 Å². The summed E-state index contributed by atoms with van der Waals surface area (Å²) < 4.78 is 11.0. The number of anilines is 1. The van der Waals surface area contributed by atoms with Gasteiger partial charge in [-0.25, -0.2) is 0 Å². The third-order valence-corrected chi connectivity index (χ3v) is 3.94. The Bertz CT molecular complexity index is 636. The normalized spacial score (nSPS) is 13.2. The maximum absolute atomic E-state index is 12.3. The molecule has 0 aliphatic rings. The van der Waals surface area contributed by atoms with Crippen molar-refractivity contribution in [2.45, 2.75) is 32.5 Å². The Morgan fingerprint density at radius 1 is 1.13 bits per heavy atom. The molecule has 0 bridgehead atoms. The van der Waals surface area contributed by atoms with Crippen LogP contribution in [-0.2, 0) is 16.1 Å². The molecule has 0 radical (unpaired) electrons. The number of hydrogen-bond donors (Lipinski definition) is 1. The molecule has 0 aliphatic heterocycles. The Balaban J connectivity index is 2.01. The molecule has 2 rings (SSSR count). The molecule has 0 saturated heterocycles. The molecule has 1 atom stereocenters. The van der Waals surface area contributed by atoms with E-state index in [0.717, 1.165) is 17.0 Å². The number of hydrogen-bond acceptors (Lipinski definition) is 3. The zero-order valence-corrected chi connectivity index (χ0v) is 13.8. The number of para-hydroxylation sites is 1. The van der Waals surface area contributed by atoms with Gasteiger partial charge in [-0.15, -0.1) is 0 Å². The van der Waals surface area contributed by atoms with Gasteiger partial charge in [-0.3, -0.25) is 4.79 Å². The van der Waals surface area contributed by atoms with E-state index in [1.807, 2.05) is 61.5 Å². The summed E-state index contributed by atoms with van der Waals surface area (Å²) in [6, 6.07) is 17.3. The highest BCUT2D eigenvalue weighted by atomic mass is 16.5. The lowest BCUT2D eigenvalue weighted by atomic mass is 10.0. The fourth-order valence-electron chi connectivity index (χ4n) is 2.08. The molecule has 0 spiro atoms. The summed E-state index contributed by atoms with van der Waals surface area (Å²) in [4.78, 5) is 12.3. The van der Waals surface area contributed by atoms with E-state index in [9.17, 15) is 4.79 Å². The second kappa shape index (κ2) is 7.79. The maximum atomic E-state index is 12.3. The Kier molecular flexibility index (Phi) is 5.77. The van der Waals surface area contributed by atoms with Gasteiger partial charge < -0.3 is 14.8 Å². The highest BCUT2D eigenvalue weighted by Crippen LogP contribution is 2.19. The smallest absolute Gasteiger partial charge is 0.256 e. The van der Waals surface area contributed by atoms with Gasteiger partial charge in [0.2, 0.25) is 0 Å². The zero-order chi connectivity index (χ0) is 16.7. The van der Waals surface area contributed by atoms with Crippen LogP contribution in [0.25, 0.3) is 0 Å². The number of rotatable bonds is 7. The minimum atomic E-state index is -0.823. The van der Waals surface area contributed by atoms with Gasteiger partial charge in [0.25, 0.3) is 5.91 Å². The van der Waals surface area contributed by atoms with Crippen LogP contribution >= 0.6 is 0 Å².